The van der Waals surface area contributed by atoms with E-state index < -0.39 is 0 Å². The SMILES string of the molecule is NNc1ccc(C(=O)N2CCCCCC2CO)cc1. The van der Waals surface area contributed by atoms with Gasteiger partial charge in [-0.2, -0.15) is 0 Å². The zero-order valence-electron chi connectivity index (χ0n) is 11.0. The lowest BCUT2D eigenvalue weighted by Crippen LogP contribution is -2.42. The van der Waals surface area contributed by atoms with Crippen LogP contribution < -0.4 is 11.3 Å². The van der Waals surface area contributed by atoms with E-state index >= 15 is 0 Å². The Balaban J connectivity index is 2.15. The number of amides is 1. The van der Waals surface area contributed by atoms with E-state index in [2.05, 4.69) is 5.43 Å². The first-order valence-corrected chi connectivity index (χ1v) is 6.74. The average Bonchev–Trinajstić information content (AvgIpc) is 2.71. The van der Waals surface area contributed by atoms with Gasteiger partial charge in [0.25, 0.3) is 5.91 Å². The molecule has 1 saturated heterocycles. The van der Waals surface area contributed by atoms with Crippen LogP contribution >= 0.6 is 0 Å². The highest BCUT2D eigenvalue weighted by molar-refractivity contribution is 5.94. The molecular formula is C14H21N3O2. The standard InChI is InChI=1S/C14H21N3O2/c15-16-12-7-5-11(6-8-12)14(19)17-9-3-1-2-4-13(17)10-18/h5-8,13,16,18H,1-4,9-10,15H2. The molecule has 1 fully saturated rings. The largest absolute Gasteiger partial charge is 0.394 e. The van der Waals surface area contributed by atoms with Crippen molar-refractivity contribution in [3.63, 3.8) is 0 Å². The second-order valence-electron chi connectivity index (χ2n) is 4.91. The van der Waals surface area contributed by atoms with Crippen molar-refractivity contribution in [1.82, 2.24) is 4.90 Å². The maximum atomic E-state index is 12.5. The minimum atomic E-state index is -0.0534. The summed E-state index contributed by atoms with van der Waals surface area (Å²) in [5.74, 6) is 5.29. The van der Waals surface area contributed by atoms with Crippen LogP contribution in [0.25, 0.3) is 0 Å². The molecular weight excluding hydrogens is 242 g/mol. The summed E-state index contributed by atoms with van der Waals surface area (Å²) in [4.78, 5) is 14.3. The van der Waals surface area contributed by atoms with E-state index in [0.29, 0.717) is 5.56 Å². The Bertz CT molecular complexity index is 419. The number of nitrogens with one attached hydrogen (secondary N) is 1. The van der Waals surface area contributed by atoms with Crippen molar-refractivity contribution in [2.75, 3.05) is 18.6 Å². The summed E-state index contributed by atoms with van der Waals surface area (Å²) in [5, 5.41) is 9.44. The number of hydrogen-bond acceptors (Lipinski definition) is 4. The van der Waals surface area contributed by atoms with E-state index in [0.717, 1.165) is 37.9 Å². The Morgan fingerprint density at radius 3 is 2.68 bits per heavy atom. The van der Waals surface area contributed by atoms with Crippen molar-refractivity contribution in [3.8, 4) is 0 Å². The average molecular weight is 263 g/mol. The number of nitrogens with zero attached hydrogens (tertiary/aromatic N) is 1. The van der Waals surface area contributed by atoms with Gasteiger partial charge in [-0.25, -0.2) is 0 Å². The summed E-state index contributed by atoms with van der Waals surface area (Å²) in [6.45, 7) is 0.759. The molecule has 0 aliphatic carbocycles. The van der Waals surface area contributed by atoms with E-state index in [-0.39, 0.29) is 18.6 Å². The number of benzene rings is 1. The van der Waals surface area contributed by atoms with Crippen LogP contribution in [0.5, 0.6) is 0 Å². The maximum Gasteiger partial charge on any atom is 0.254 e. The van der Waals surface area contributed by atoms with Crippen molar-refractivity contribution in [2.24, 2.45) is 5.84 Å². The molecule has 4 N–H and O–H groups in total. The van der Waals surface area contributed by atoms with Crippen molar-refractivity contribution in [1.29, 1.82) is 0 Å². The smallest absolute Gasteiger partial charge is 0.254 e. The molecule has 1 atom stereocenters. The number of nitrogens with two attached hydrogens (primary N) is 1. The van der Waals surface area contributed by atoms with Gasteiger partial charge in [0.05, 0.1) is 12.6 Å². The third-order valence-corrected chi connectivity index (χ3v) is 3.65. The summed E-state index contributed by atoms with van der Waals surface area (Å²) in [6.07, 6.45) is 4.08. The zero-order chi connectivity index (χ0) is 13.7. The fourth-order valence-electron chi connectivity index (χ4n) is 2.51. The molecule has 19 heavy (non-hydrogen) atoms. The highest BCUT2D eigenvalue weighted by Gasteiger charge is 2.25. The molecule has 0 bridgehead atoms. The summed E-state index contributed by atoms with van der Waals surface area (Å²) >= 11 is 0. The van der Waals surface area contributed by atoms with Gasteiger partial charge in [0.15, 0.2) is 0 Å². The van der Waals surface area contributed by atoms with E-state index in [1.807, 2.05) is 0 Å². The second-order valence-corrected chi connectivity index (χ2v) is 4.91. The van der Waals surface area contributed by atoms with Gasteiger partial charge >= 0.3 is 0 Å². The van der Waals surface area contributed by atoms with Crippen LogP contribution in [0.3, 0.4) is 0 Å². The van der Waals surface area contributed by atoms with E-state index in [9.17, 15) is 9.90 Å². The van der Waals surface area contributed by atoms with Gasteiger partial charge < -0.3 is 15.4 Å². The molecule has 0 spiro atoms. The minimum Gasteiger partial charge on any atom is -0.394 e. The minimum absolute atomic E-state index is 0.00970. The highest BCUT2D eigenvalue weighted by Crippen LogP contribution is 2.19. The number of hydrazine groups is 1. The van der Waals surface area contributed by atoms with Crippen molar-refractivity contribution in [3.05, 3.63) is 29.8 Å². The van der Waals surface area contributed by atoms with Crippen molar-refractivity contribution in [2.45, 2.75) is 31.7 Å². The van der Waals surface area contributed by atoms with Crippen LogP contribution in [0.4, 0.5) is 5.69 Å². The zero-order valence-corrected chi connectivity index (χ0v) is 11.0. The molecule has 1 aromatic carbocycles. The summed E-state index contributed by atoms with van der Waals surface area (Å²) in [7, 11) is 0. The van der Waals surface area contributed by atoms with Gasteiger partial charge in [0, 0.05) is 17.8 Å². The molecule has 0 aromatic heterocycles. The number of rotatable bonds is 3. The Morgan fingerprint density at radius 2 is 2.05 bits per heavy atom. The Hall–Kier alpha value is -1.59. The number of carbonyl (C=O) groups is 1. The van der Waals surface area contributed by atoms with Gasteiger partial charge in [0.2, 0.25) is 0 Å². The highest BCUT2D eigenvalue weighted by atomic mass is 16.3. The number of aliphatic hydroxyl groups is 1. The lowest BCUT2D eigenvalue weighted by molar-refractivity contribution is 0.0600. The normalized spacial score (nSPS) is 19.9. The van der Waals surface area contributed by atoms with E-state index in [1.54, 1.807) is 29.2 Å². The Labute approximate surface area is 113 Å². The van der Waals surface area contributed by atoms with Crippen LogP contribution in [0.1, 0.15) is 36.0 Å². The topological polar surface area (TPSA) is 78.6 Å². The first-order valence-electron chi connectivity index (χ1n) is 6.74. The van der Waals surface area contributed by atoms with Gasteiger partial charge in [-0.05, 0) is 37.1 Å². The summed E-state index contributed by atoms with van der Waals surface area (Å²) in [5.41, 5.74) is 3.95. The molecule has 1 aliphatic rings. The predicted molar refractivity (Wildman–Crippen MR) is 74.6 cm³/mol. The van der Waals surface area contributed by atoms with Crippen LogP contribution in [-0.2, 0) is 0 Å². The molecule has 1 heterocycles. The van der Waals surface area contributed by atoms with Gasteiger partial charge in [0.1, 0.15) is 0 Å². The lowest BCUT2D eigenvalue weighted by Gasteiger charge is -2.28. The molecule has 1 aliphatic heterocycles. The Kier molecular flexibility index (Phi) is 4.76. The third kappa shape index (κ3) is 3.24. The quantitative estimate of drug-likeness (QED) is 0.568. The molecule has 2 rings (SSSR count). The second kappa shape index (κ2) is 6.54. The van der Waals surface area contributed by atoms with Crippen molar-refractivity contribution >= 4 is 11.6 Å². The van der Waals surface area contributed by atoms with Crippen LogP contribution in [-0.4, -0.2) is 35.1 Å². The van der Waals surface area contributed by atoms with Crippen LogP contribution in [0.15, 0.2) is 24.3 Å². The summed E-state index contributed by atoms with van der Waals surface area (Å²) < 4.78 is 0. The number of likely N-dealkylation sites (tertiary alicyclic amines) is 1. The molecule has 1 amide bonds. The molecule has 1 unspecified atom stereocenters. The molecule has 104 valence electrons. The molecule has 5 heteroatoms. The summed E-state index contributed by atoms with van der Waals surface area (Å²) in [6, 6.07) is 7.02. The Morgan fingerprint density at radius 1 is 1.32 bits per heavy atom. The number of aliphatic hydroxyl groups excluding tert-OH is 1. The van der Waals surface area contributed by atoms with Crippen molar-refractivity contribution < 1.29 is 9.90 Å². The number of nitrogen functional groups attached to an aromatic ring is 1. The van der Waals surface area contributed by atoms with Gasteiger partial charge in [-0.15, -0.1) is 0 Å². The maximum absolute atomic E-state index is 12.5. The van der Waals surface area contributed by atoms with Crippen LogP contribution in [0.2, 0.25) is 0 Å². The number of hydrogen-bond donors (Lipinski definition) is 3. The molecule has 0 radical (unpaired) electrons. The van der Waals surface area contributed by atoms with E-state index in [1.165, 1.54) is 0 Å². The molecule has 0 saturated carbocycles. The van der Waals surface area contributed by atoms with Crippen LogP contribution in [0, 0.1) is 0 Å². The van der Waals surface area contributed by atoms with E-state index in [4.69, 9.17) is 5.84 Å². The first kappa shape index (κ1) is 13.8. The monoisotopic (exact) mass is 263 g/mol. The molecule has 5 nitrogen and oxygen atoms in total. The third-order valence-electron chi connectivity index (χ3n) is 3.65. The fraction of sp³-hybridized carbons (Fsp3) is 0.500. The fourth-order valence-corrected chi connectivity index (χ4v) is 2.51. The number of carbonyl (C=O) groups excluding carboxylic acids is 1. The molecule has 1 aromatic rings. The predicted octanol–water partition coefficient (Wildman–Crippen LogP) is 1.35. The first-order chi connectivity index (χ1) is 9.26. The van der Waals surface area contributed by atoms with Gasteiger partial charge in [-0.1, -0.05) is 12.8 Å². The van der Waals surface area contributed by atoms with Gasteiger partial charge in [-0.3, -0.25) is 10.6 Å². The number of anilines is 1. The lowest BCUT2D eigenvalue weighted by atomic mass is 10.1.